The number of amides is 1. The Balaban J connectivity index is 1.80. The molecule has 0 aliphatic carbocycles. The fourth-order valence-electron chi connectivity index (χ4n) is 2.69. The summed E-state index contributed by atoms with van der Waals surface area (Å²) in [6.45, 7) is -1.15. The summed E-state index contributed by atoms with van der Waals surface area (Å²) in [6, 6.07) is 5.16. The van der Waals surface area contributed by atoms with E-state index in [1.807, 2.05) is 0 Å². The third kappa shape index (κ3) is 3.48. The number of carbonyl (C=O) groups is 2. The molecule has 0 unspecified atom stereocenters. The van der Waals surface area contributed by atoms with E-state index in [9.17, 15) is 22.8 Å². The van der Waals surface area contributed by atoms with Crippen molar-refractivity contribution in [2.24, 2.45) is 11.8 Å². The first-order chi connectivity index (χ1) is 11.8. The van der Waals surface area contributed by atoms with E-state index in [1.54, 1.807) is 24.4 Å². The second kappa shape index (κ2) is 6.43. The highest BCUT2D eigenvalue weighted by Gasteiger charge is 2.53. The summed E-state index contributed by atoms with van der Waals surface area (Å²) in [7, 11) is 0. The lowest BCUT2D eigenvalue weighted by molar-refractivity contribution is -0.187. The van der Waals surface area contributed by atoms with Crippen LogP contribution in [0.25, 0.3) is 10.7 Å². The van der Waals surface area contributed by atoms with Gasteiger partial charge in [-0.3, -0.25) is 14.6 Å². The number of hydrogen-bond acceptors (Lipinski definition) is 5. The highest BCUT2D eigenvalue weighted by molar-refractivity contribution is 7.16. The average Bonchev–Trinajstić information content (AvgIpc) is 3.22. The van der Waals surface area contributed by atoms with Crippen LogP contribution in [0.4, 0.5) is 13.2 Å². The number of alkyl halides is 3. The van der Waals surface area contributed by atoms with Crippen molar-refractivity contribution in [2.45, 2.75) is 6.18 Å². The van der Waals surface area contributed by atoms with Crippen molar-refractivity contribution >= 4 is 23.2 Å². The van der Waals surface area contributed by atoms with Crippen molar-refractivity contribution in [2.75, 3.05) is 13.1 Å². The molecule has 1 amide bonds. The number of aliphatic carboxylic acids is 1. The molecule has 6 nitrogen and oxygen atoms in total. The summed E-state index contributed by atoms with van der Waals surface area (Å²) in [6.07, 6.45) is -1.84. The zero-order valence-electron chi connectivity index (χ0n) is 12.6. The number of thiazole rings is 1. The van der Waals surface area contributed by atoms with Gasteiger partial charge < -0.3 is 10.0 Å². The van der Waals surface area contributed by atoms with Gasteiger partial charge in [-0.15, -0.1) is 11.3 Å². The van der Waals surface area contributed by atoms with E-state index >= 15 is 0 Å². The van der Waals surface area contributed by atoms with Gasteiger partial charge in [-0.05, 0) is 12.1 Å². The van der Waals surface area contributed by atoms with E-state index < -0.39 is 43.0 Å². The second-order valence-corrected chi connectivity index (χ2v) is 6.58. The third-order valence-corrected chi connectivity index (χ3v) is 4.95. The lowest BCUT2D eigenvalue weighted by Gasteiger charge is -2.18. The third-order valence-electron chi connectivity index (χ3n) is 3.95. The lowest BCUT2D eigenvalue weighted by atomic mass is 9.96. The van der Waals surface area contributed by atoms with E-state index in [-0.39, 0.29) is 4.88 Å². The number of carbonyl (C=O) groups excluding carboxylic acids is 1. The molecule has 1 aliphatic heterocycles. The van der Waals surface area contributed by atoms with Gasteiger partial charge in [0.25, 0.3) is 5.91 Å². The van der Waals surface area contributed by atoms with Gasteiger partial charge in [0.15, 0.2) is 0 Å². The minimum Gasteiger partial charge on any atom is -0.481 e. The Morgan fingerprint density at radius 1 is 1.24 bits per heavy atom. The molecule has 1 fully saturated rings. The second-order valence-electron chi connectivity index (χ2n) is 5.55. The number of carboxylic acids is 1. The fourth-order valence-corrected chi connectivity index (χ4v) is 3.55. The van der Waals surface area contributed by atoms with Crippen LogP contribution < -0.4 is 0 Å². The van der Waals surface area contributed by atoms with Gasteiger partial charge in [-0.25, -0.2) is 4.98 Å². The van der Waals surface area contributed by atoms with Crippen LogP contribution in [-0.2, 0) is 4.79 Å². The van der Waals surface area contributed by atoms with Gasteiger partial charge in [0.05, 0.1) is 23.7 Å². The van der Waals surface area contributed by atoms with Crippen molar-refractivity contribution < 1.29 is 27.9 Å². The van der Waals surface area contributed by atoms with Crippen molar-refractivity contribution in [3.8, 4) is 10.7 Å². The molecule has 0 spiro atoms. The number of hydrogen-bond donors (Lipinski definition) is 1. The molecule has 132 valence electrons. The Bertz CT molecular complexity index is 794. The van der Waals surface area contributed by atoms with E-state index in [0.29, 0.717) is 10.7 Å². The normalized spacial score (nSPS) is 20.7. The first-order valence-electron chi connectivity index (χ1n) is 7.23. The molecule has 1 N–H and O–H groups in total. The van der Waals surface area contributed by atoms with Crippen LogP contribution in [0.1, 0.15) is 9.67 Å². The van der Waals surface area contributed by atoms with Crippen LogP contribution in [0, 0.1) is 11.8 Å². The quantitative estimate of drug-likeness (QED) is 0.897. The van der Waals surface area contributed by atoms with Crippen molar-refractivity contribution in [1.82, 2.24) is 14.9 Å². The number of halogens is 3. The molecule has 2 atom stereocenters. The molecule has 1 aliphatic rings. The van der Waals surface area contributed by atoms with Crippen LogP contribution >= 0.6 is 11.3 Å². The van der Waals surface area contributed by atoms with E-state index in [4.69, 9.17) is 5.11 Å². The highest BCUT2D eigenvalue weighted by Crippen LogP contribution is 2.38. The minimum absolute atomic E-state index is 0.146. The minimum atomic E-state index is -4.68. The monoisotopic (exact) mass is 371 g/mol. The van der Waals surface area contributed by atoms with Gasteiger partial charge in [0.2, 0.25) is 0 Å². The SMILES string of the molecule is O=C(O)[C@@H]1CN(C(=O)c2cnc(-c3ccccn3)s2)C[C@H]1C(F)(F)F. The number of nitrogens with zero attached hydrogens (tertiary/aromatic N) is 3. The Morgan fingerprint density at radius 3 is 2.56 bits per heavy atom. The zero-order chi connectivity index (χ0) is 18.2. The molecule has 0 radical (unpaired) electrons. The van der Waals surface area contributed by atoms with Crippen molar-refractivity contribution in [3.05, 3.63) is 35.5 Å². The lowest BCUT2D eigenvalue weighted by Crippen LogP contribution is -2.34. The first-order valence-corrected chi connectivity index (χ1v) is 8.05. The predicted molar refractivity (Wildman–Crippen MR) is 81.9 cm³/mol. The number of rotatable bonds is 3. The summed E-state index contributed by atoms with van der Waals surface area (Å²) in [5.41, 5.74) is 0.546. The van der Waals surface area contributed by atoms with E-state index in [1.165, 1.54) is 6.20 Å². The fraction of sp³-hybridized carbons (Fsp3) is 0.333. The molecule has 0 bridgehead atoms. The molecular weight excluding hydrogens is 359 g/mol. The molecule has 10 heteroatoms. The van der Waals surface area contributed by atoms with Gasteiger partial charge in [0.1, 0.15) is 9.88 Å². The summed E-state index contributed by atoms with van der Waals surface area (Å²) in [5, 5.41) is 9.48. The maximum Gasteiger partial charge on any atom is 0.394 e. The summed E-state index contributed by atoms with van der Waals surface area (Å²) in [4.78, 5) is 32.8. The topological polar surface area (TPSA) is 83.4 Å². The van der Waals surface area contributed by atoms with E-state index in [2.05, 4.69) is 9.97 Å². The highest BCUT2D eigenvalue weighted by atomic mass is 32.1. The number of carboxylic acid groups (broad SMARTS) is 1. The van der Waals surface area contributed by atoms with Crippen molar-refractivity contribution in [3.63, 3.8) is 0 Å². The van der Waals surface area contributed by atoms with Gasteiger partial charge in [-0.1, -0.05) is 6.07 Å². The molecule has 2 aromatic heterocycles. The average molecular weight is 371 g/mol. The van der Waals surface area contributed by atoms with Crippen LogP contribution in [0.15, 0.2) is 30.6 Å². The zero-order valence-corrected chi connectivity index (χ0v) is 13.4. The Labute approximate surface area is 143 Å². The molecule has 2 aromatic rings. The van der Waals surface area contributed by atoms with Gasteiger partial charge in [-0.2, -0.15) is 13.2 Å². The Hall–Kier alpha value is -2.49. The van der Waals surface area contributed by atoms with Crippen molar-refractivity contribution in [1.29, 1.82) is 0 Å². The summed E-state index contributed by atoms with van der Waals surface area (Å²) >= 11 is 1.01. The van der Waals surface area contributed by atoms with Gasteiger partial charge >= 0.3 is 12.1 Å². The van der Waals surface area contributed by atoms with Crippen LogP contribution in [0.5, 0.6) is 0 Å². The maximum atomic E-state index is 13.0. The van der Waals surface area contributed by atoms with Gasteiger partial charge in [0, 0.05) is 19.3 Å². The molecule has 3 rings (SSSR count). The van der Waals surface area contributed by atoms with E-state index in [0.717, 1.165) is 16.2 Å². The molecule has 0 saturated carbocycles. The first kappa shape index (κ1) is 17.3. The molecule has 25 heavy (non-hydrogen) atoms. The molecular formula is C15H12F3N3O3S. The van der Waals surface area contributed by atoms with Crippen LogP contribution in [0.2, 0.25) is 0 Å². The number of aromatic nitrogens is 2. The smallest absolute Gasteiger partial charge is 0.394 e. The van der Waals surface area contributed by atoms with Crippen LogP contribution in [0.3, 0.4) is 0 Å². The maximum absolute atomic E-state index is 13.0. The number of pyridine rings is 1. The molecule has 0 aromatic carbocycles. The Kier molecular flexibility index (Phi) is 4.46. The Morgan fingerprint density at radius 2 is 2.00 bits per heavy atom. The predicted octanol–water partition coefficient (Wildman–Crippen LogP) is 2.54. The van der Waals surface area contributed by atoms with Crippen LogP contribution in [-0.4, -0.2) is 51.1 Å². The standard InChI is InChI=1S/C15H12F3N3O3S/c16-15(17,18)9-7-21(6-8(9)14(23)24)13(22)11-5-20-12(25-11)10-3-1-2-4-19-10/h1-5,8-9H,6-7H2,(H,23,24)/t8-,9-/m1/s1. The largest absolute Gasteiger partial charge is 0.481 e. The molecule has 1 saturated heterocycles. The summed E-state index contributed by atoms with van der Waals surface area (Å²) < 4.78 is 39.0. The number of likely N-dealkylation sites (tertiary alicyclic amines) is 1. The summed E-state index contributed by atoms with van der Waals surface area (Å²) in [5.74, 6) is -5.95. The molecule has 3 heterocycles.